The Morgan fingerprint density at radius 3 is 2.67 bits per heavy atom. The second-order valence-electron chi connectivity index (χ2n) is 4.41. The quantitative estimate of drug-likeness (QED) is 0.520. The van der Waals surface area contributed by atoms with Crippen molar-refractivity contribution < 1.29 is 24.2 Å². The van der Waals surface area contributed by atoms with Crippen LogP contribution in [0.4, 0.5) is 0 Å². The standard InChI is InChI=1S/C16H14O5/c1-2-21-16(20)12-9-10(7-8-14(12)18)15(19)11-5-3-4-6-13(11)17/h3-7,9,17H,2,8H2,1H3. The van der Waals surface area contributed by atoms with Crippen LogP contribution >= 0.6 is 0 Å². The number of carbonyl (C=O) groups is 3. The van der Waals surface area contributed by atoms with Gasteiger partial charge in [-0.15, -0.1) is 0 Å². The average Bonchev–Trinajstić information content (AvgIpc) is 2.48. The molecular weight excluding hydrogens is 272 g/mol. The van der Waals surface area contributed by atoms with Crippen molar-refractivity contribution >= 4 is 17.5 Å². The van der Waals surface area contributed by atoms with Crippen LogP contribution in [0.1, 0.15) is 23.7 Å². The Morgan fingerprint density at radius 1 is 1.29 bits per heavy atom. The summed E-state index contributed by atoms with van der Waals surface area (Å²) in [5.41, 5.74) is 0.176. The van der Waals surface area contributed by atoms with Crippen LogP contribution in [0.15, 0.2) is 47.6 Å². The third-order valence-electron chi connectivity index (χ3n) is 3.01. The SMILES string of the molecule is CCOC(=O)C1=CC(C(=O)c2ccccc2O)=CCC1=O. The van der Waals surface area contributed by atoms with Gasteiger partial charge in [0.25, 0.3) is 0 Å². The first-order valence-corrected chi connectivity index (χ1v) is 6.49. The molecule has 0 spiro atoms. The van der Waals surface area contributed by atoms with Crippen molar-refractivity contribution in [3.05, 3.63) is 53.1 Å². The molecule has 21 heavy (non-hydrogen) atoms. The van der Waals surface area contributed by atoms with Gasteiger partial charge in [0, 0.05) is 12.0 Å². The van der Waals surface area contributed by atoms with E-state index >= 15 is 0 Å². The van der Waals surface area contributed by atoms with Crippen LogP contribution < -0.4 is 0 Å². The molecule has 0 radical (unpaired) electrons. The van der Waals surface area contributed by atoms with Gasteiger partial charge in [0.1, 0.15) is 11.3 Å². The number of Topliss-reactive ketones (excluding diaryl/α,β-unsaturated/α-hetero) is 2. The van der Waals surface area contributed by atoms with Crippen LogP contribution in [0.2, 0.25) is 0 Å². The number of esters is 1. The number of para-hydroxylation sites is 1. The summed E-state index contributed by atoms with van der Waals surface area (Å²) in [5.74, 6) is -1.71. The van der Waals surface area contributed by atoms with E-state index in [-0.39, 0.29) is 41.3 Å². The molecule has 5 nitrogen and oxygen atoms in total. The van der Waals surface area contributed by atoms with E-state index in [4.69, 9.17) is 4.74 Å². The molecule has 0 aromatic heterocycles. The van der Waals surface area contributed by atoms with Crippen LogP contribution in [0.5, 0.6) is 5.75 Å². The highest BCUT2D eigenvalue weighted by molar-refractivity contribution is 6.22. The molecule has 0 heterocycles. The Balaban J connectivity index is 2.33. The van der Waals surface area contributed by atoms with E-state index in [0.29, 0.717) is 0 Å². The van der Waals surface area contributed by atoms with Crippen LogP contribution in [0, 0.1) is 0 Å². The Morgan fingerprint density at radius 2 is 2.00 bits per heavy atom. The van der Waals surface area contributed by atoms with Gasteiger partial charge in [0.15, 0.2) is 11.6 Å². The predicted octanol–water partition coefficient (Wildman–Crippen LogP) is 1.96. The van der Waals surface area contributed by atoms with E-state index in [9.17, 15) is 19.5 Å². The molecule has 1 aliphatic carbocycles. The van der Waals surface area contributed by atoms with Crippen LogP contribution in [0.3, 0.4) is 0 Å². The summed E-state index contributed by atoms with van der Waals surface area (Å²) in [4.78, 5) is 35.7. The highest BCUT2D eigenvalue weighted by Gasteiger charge is 2.25. The van der Waals surface area contributed by atoms with Gasteiger partial charge in [0.2, 0.25) is 0 Å². The zero-order valence-electron chi connectivity index (χ0n) is 11.5. The minimum atomic E-state index is -0.738. The maximum absolute atomic E-state index is 12.3. The smallest absolute Gasteiger partial charge is 0.341 e. The number of aromatic hydroxyl groups is 1. The Labute approximate surface area is 121 Å². The zero-order valence-corrected chi connectivity index (χ0v) is 11.5. The van der Waals surface area contributed by atoms with Gasteiger partial charge in [-0.25, -0.2) is 4.79 Å². The van der Waals surface area contributed by atoms with Crippen molar-refractivity contribution in [3.63, 3.8) is 0 Å². The Kier molecular flexibility index (Phi) is 4.33. The fourth-order valence-corrected chi connectivity index (χ4v) is 1.97. The summed E-state index contributed by atoms with van der Waals surface area (Å²) >= 11 is 0. The number of allylic oxidation sites excluding steroid dienone is 3. The normalized spacial score (nSPS) is 14.2. The summed E-state index contributed by atoms with van der Waals surface area (Å²) in [5, 5.41) is 9.70. The average molecular weight is 286 g/mol. The molecule has 0 amide bonds. The number of phenolic OH excluding ortho intramolecular Hbond substituents is 1. The van der Waals surface area contributed by atoms with Crippen LogP contribution in [-0.4, -0.2) is 29.2 Å². The van der Waals surface area contributed by atoms with Crippen LogP contribution in [0.25, 0.3) is 0 Å². The fraction of sp³-hybridized carbons (Fsp3) is 0.188. The van der Waals surface area contributed by atoms with E-state index in [2.05, 4.69) is 0 Å². The van der Waals surface area contributed by atoms with Crippen molar-refractivity contribution in [3.8, 4) is 5.75 Å². The molecule has 0 unspecified atom stereocenters. The largest absolute Gasteiger partial charge is 0.507 e. The second-order valence-corrected chi connectivity index (χ2v) is 4.41. The number of ketones is 2. The lowest BCUT2D eigenvalue weighted by Gasteiger charge is -2.12. The number of rotatable bonds is 4. The maximum atomic E-state index is 12.3. The fourth-order valence-electron chi connectivity index (χ4n) is 1.97. The monoisotopic (exact) mass is 286 g/mol. The van der Waals surface area contributed by atoms with E-state index < -0.39 is 11.8 Å². The van der Waals surface area contributed by atoms with E-state index in [0.717, 1.165) is 0 Å². The molecule has 0 saturated carbocycles. The number of carbonyl (C=O) groups excluding carboxylic acids is 3. The Hall–Kier alpha value is -2.69. The van der Waals surface area contributed by atoms with Gasteiger partial charge in [-0.2, -0.15) is 0 Å². The first-order chi connectivity index (χ1) is 10.0. The van der Waals surface area contributed by atoms with Crippen molar-refractivity contribution in [1.29, 1.82) is 0 Å². The van der Waals surface area contributed by atoms with Crippen molar-refractivity contribution in [1.82, 2.24) is 0 Å². The van der Waals surface area contributed by atoms with Crippen molar-refractivity contribution in [2.45, 2.75) is 13.3 Å². The third kappa shape index (κ3) is 3.08. The number of benzene rings is 1. The lowest BCUT2D eigenvalue weighted by Crippen LogP contribution is -2.19. The van der Waals surface area contributed by atoms with E-state index in [1.54, 1.807) is 19.1 Å². The van der Waals surface area contributed by atoms with Gasteiger partial charge in [-0.05, 0) is 25.1 Å². The highest BCUT2D eigenvalue weighted by atomic mass is 16.5. The number of hydrogen-bond acceptors (Lipinski definition) is 5. The summed E-state index contributed by atoms with van der Waals surface area (Å²) < 4.78 is 4.79. The predicted molar refractivity (Wildman–Crippen MR) is 74.9 cm³/mol. The molecule has 0 aliphatic heterocycles. The highest BCUT2D eigenvalue weighted by Crippen LogP contribution is 2.24. The molecule has 1 N–H and O–H groups in total. The molecule has 0 fully saturated rings. The minimum Gasteiger partial charge on any atom is -0.507 e. The first kappa shape index (κ1) is 14.7. The molecule has 0 bridgehead atoms. The zero-order chi connectivity index (χ0) is 15.4. The second kappa shape index (κ2) is 6.17. The van der Waals surface area contributed by atoms with Crippen LogP contribution in [-0.2, 0) is 14.3 Å². The number of hydrogen-bond donors (Lipinski definition) is 1. The maximum Gasteiger partial charge on any atom is 0.341 e. The molecule has 108 valence electrons. The topological polar surface area (TPSA) is 80.7 Å². The molecule has 0 saturated heterocycles. The summed E-state index contributed by atoms with van der Waals surface area (Å²) in [6.45, 7) is 1.78. The lowest BCUT2D eigenvalue weighted by atomic mass is 9.93. The Bertz CT molecular complexity index is 667. The minimum absolute atomic E-state index is 0.0423. The molecule has 5 heteroatoms. The van der Waals surface area contributed by atoms with Crippen molar-refractivity contribution in [2.24, 2.45) is 0 Å². The molecular formula is C16H14O5. The molecule has 1 aliphatic rings. The summed E-state index contributed by atoms with van der Waals surface area (Å²) in [6.07, 6.45) is 2.62. The van der Waals surface area contributed by atoms with Crippen molar-refractivity contribution in [2.75, 3.05) is 6.61 Å². The molecule has 2 rings (SSSR count). The van der Waals surface area contributed by atoms with Gasteiger partial charge in [-0.3, -0.25) is 9.59 Å². The van der Waals surface area contributed by atoms with E-state index in [1.807, 2.05) is 0 Å². The first-order valence-electron chi connectivity index (χ1n) is 6.49. The van der Waals surface area contributed by atoms with Gasteiger partial charge < -0.3 is 9.84 Å². The van der Waals surface area contributed by atoms with Gasteiger partial charge >= 0.3 is 5.97 Å². The van der Waals surface area contributed by atoms with E-state index in [1.165, 1.54) is 24.3 Å². The molecule has 0 atom stereocenters. The third-order valence-corrected chi connectivity index (χ3v) is 3.01. The summed E-state index contributed by atoms with van der Waals surface area (Å²) in [6, 6.07) is 6.10. The van der Waals surface area contributed by atoms with Gasteiger partial charge in [0.05, 0.1) is 12.2 Å². The molecule has 1 aromatic rings. The number of ether oxygens (including phenoxy) is 1. The summed E-state index contributed by atoms with van der Waals surface area (Å²) in [7, 11) is 0. The number of phenols is 1. The lowest BCUT2D eigenvalue weighted by molar-refractivity contribution is -0.140. The molecule has 1 aromatic carbocycles. The van der Waals surface area contributed by atoms with Gasteiger partial charge in [-0.1, -0.05) is 18.2 Å².